The van der Waals surface area contributed by atoms with Crippen LogP contribution in [0.4, 0.5) is 0 Å². The van der Waals surface area contributed by atoms with Crippen LogP contribution in [0, 0.1) is 0 Å². The van der Waals surface area contributed by atoms with Gasteiger partial charge in [0.05, 0.1) is 0 Å². The molecule has 1 aromatic rings. The summed E-state index contributed by atoms with van der Waals surface area (Å²) in [6.45, 7) is 1.53. The molecule has 1 saturated heterocycles. The number of hydrogen-bond acceptors (Lipinski definition) is 4. The van der Waals surface area contributed by atoms with Gasteiger partial charge in [-0.15, -0.1) is 0 Å². The molecule has 2 aliphatic heterocycles. The van der Waals surface area contributed by atoms with Crippen LogP contribution in [0.5, 0.6) is 11.5 Å². The zero-order chi connectivity index (χ0) is 15.5. The predicted octanol–water partition coefficient (Wildman–Crippen LogP) is 1.55. The highest BCUT2D eigenvalue weighted by atomic mass is 16.6. The first-order chi connectivity index (χ1) is 10.6. The highest BCUT2D eigenvalue weighted by molar-refractivity contribution is 5.94. The number of benzene rings is 1. The van der Waals surface area contributed by atoms with Crippen molar-refractivity contribution in [1.29, 1.82) is 0 Å². The summed E-state index contributed by atoms with van der Waals surface area (Å²) in [6, 6.07) is 4.72. The van der Waals surface area contributed by atoms with Crippen molar-refractivity contribution < 1.29 is 24.2 Å². The van der Waals surface area contributed by atoms with E-state index < -0.39 is 12.0 Å². The highest BCUT2D eigenvalue weighted by Gasteiger charge is 2.32. The SMILES string of the molecule is O=C(O)[C@H]1CCCN1C(=O)/C=C/c1ccc2c(c1)OCCO2. The second kappa shape index (κ2) is 6.09. The molecular weight excluding hydrogens is 286 g/mol. The lowest BCUT2D eigenvalue weighted by Crippen LogP contribution is -2.39. The molecule has 3 rings (SSSR count). The van der Waals surface area contributed by atoms with Crippen molar-refractivity contribution in [3.8, 4) is 11.5 Å². The van der Waals surface area contributed by atoms with Crippen molar-refractivity contribution in [3.05, 3.63) is 29.8 Å². The average Bonchev–Trinajstić information content (AvgIpc) is 3.02. The number of carbonyl (C=O) groups is 2. The third-order valence-corrected chi connectivity index (χ3v) is 3.81. The van der Waals surface area contributed by atoms with Gasteiger partial charge < -0.3 is 19.5 Å². The van der Waals surface area contributed by atoms with Gasteiger partial charge in [0, 0.05) is 12.6 Å². The van der Waals surface area contributed by atoms with Gasteiger partial charge in [-0.2, -0.15) is 0 Å². The van der Waals surface area contributed by atoms with Crippen molar-refractivity contribution in [1.82, 2.24) is 4.90 Å². The number of nitrogens with zero attached hydrogens (tertiary/aromatic N) is 1. The topological polar surface area (TPSA) is 76.1 Å². The Bertz CT molecular complexity index is 625. The van der Waals surface area contributed by atoms with E-state index in [2.05, 4.69) is 0 Å². The molecule has 1 N–H and O–H groups in total. The first-order valence-electron chi connectivity index (χ1n) is 7.26. The van der Waals surface area contributed by atoms with E-state index in [4.69, 9.17) is 14.6 Å². The molecule has 0 radical (unpaired) electrons. The molecule has 1 fully saturated rings. The molecule has 0 aromatic heterocycles. The Kier molecular flexibility index (Phi) is 4.00. The van der Waals surface area contributed by atoms with Crippen LogP contribution >= 0.6 is 0 Å². The van der Waals surface area contributed by atoms with Gasteiger partial charge in [0.1, 0.15) is 19.3 Å². The predicted molar refractivity (Wildman–Crippen MR) is 78.8 cm³/mol. The van der Waals surface area contributed by atoms with Gasteiger partial charge >= 0.3 is 5.97 Å². The standard InChI is InChI=1S/C16H17NO5/c18-15(17-7-1-2-12(17)16(19)20)6-4-11-3-5-13-14(10-11)22-9-8-21-13/h3-6,10,12H,1-2,7-9H2,(H,19,20)/b6-4+/t12-/m1/s1. The largest absolute Gasteiger partial charge is 0.486 e. The minimum absolute atomic E-state index is 0.278. The molecule has 2 aliphatic rings. The first-order valence-corrected chi connectivity index (χ1v) is 7.26. The Balaban J connectivity index is 1.71. The van der Waals surface area contributed by atoms with Gasteiger partial charge in [-0.3, -0.25) is 4.79 Å². The van der Waals surface area contributed by atoms with Crippen LogP contribution in [0.15, 0.2) is 24.3 Å². The lowest BCUT2D eigenvalue weighted by molar-refractivity contribution is -0.146. The summed E-state index contributed by atoms with van der Waals surface area (Å²) in [4.78, 5) is 24.6. The number of carbonyl (C=O) groups excluding carboxylic acids is 1. The Morgan fingerprint density at radius 3 is 2.77 bits per heavy atom. The van der Waals surface area contributed by atoms with Gasteiger partial charge in [-0.25, -0.2) is 4.79 Å². The van der Waals surface area contributed by atoms with E-state index in [1.807, 2.05) is 6.07 Å². The Morgan fingerprint density at radius 2 is 2.00 bits per heavy atom. The third kappa shape index (κ3) is 2.90. The van der Waals surface area contributed by atoms with Gasteiger partial charge in [-0.05, 0) is 36.6 Å². The van der Waals surface area contributed by atoms with E-state index in [9.17, 15) is 9.59 Å². The normalized spacial score (nSPS) is 20.4. The maximum Gasteiger partial charge on any atom is 0.326 e. The number of carboxylic acids is 1. The van der Waals surface area contributed by atoms with Crippen molar-refractivity contribution >= 4 is 18.0 Å². The molecule has 1 atom stereocenters. The molecule has 0 aliphatic carbocycles. The summed E-state index contributed by atoms with van der Waals surface area (Å²) >= 11 is 0. The fourth-order valence-electron chi connectivity index (χ4n) is 2.71. The molecule has 6 heteroatoms. The second-order valence-electron chi connectivity index (χ2n) is 5.26. The fraction of sp³-hybridized carbons (Fsp3) is 0.375. The molecule has 0 saturated carbocycles. The average molecular weight is 303 g/mol. The quantitative estimate of drug-likeness (QED) is 0.857. The van der Waals surface area contributed by atoms with Crippen LogP contribution < -0.4 is 9.47 Å². The first kappa shape index (κ1) is 14.4. The van der Waals surface area contributed by atoms with E-state index >= 15 is 0 Å². The lowest BCUT2D eigenvalue weighted by atomic mass is 10.1. The number of carboxylic acid groups (broad SMARTS) is 1. The highest BCUT2D eigenvalue weighted by Crippen LogP contribution is 2.31. The number of fused-ring (bicyclic) bond motifs is 1. The fourth-order valence-corrected chi connectivity index (χ4v) is 2.71. The molecule has 0 unspecified atom stereocenters. The maximum atomic E-state index is 12.1. The molecule has 1 amide bonds. The smallest absolute Gasteiger partial charge is 0.326 e. The molecule has 0 bridgehead atoms. The minimum Gasteiger partial charge on any atom is -0.486 e. The van der Waals surface area contributed by atoms with Gasteiger partial charge in [0.25, 0.3) is 0 Å². The third-order valence-electron chi connectivity index (χ3n) is 3.81. The lowest BCUT2D eigenvalue weighted by Gasteiger charge is -2.19. The number of hydrogen-bond donors (Lipinski definition) is 1. The van der Waals surface area contributed by atoms with Crippen LogP contribution in [0.2, 0.25) is 0 Å². The van der Waals surface area contributed by atoms with E-state index in [0.717, 1.165) is 12.0 Å². The number of aliphatic carboxylic acids is 1. The van der Waals surface area contributed by atoms with Gasteiger partial charge in [0.15, 0.2) is 11.5 Å². The molecule has 0 spiro atoms. The number of likely N-dealkylation sites (tertiary alicyclic amines) is 1. The van der Waals surface area contributed by atoms with E-state index in [0.29, 0.717) is 37.7 Å². The van der Waals surface area contributed by atoms with E-state index in [1.54, 1.807) is 18.2 Å². The summed E-state index contributed by atoms with van der Waals surface area (Å²) in [7, 11) is 0. The molecule has 1 aromatic carbocycles. The Hall–Kier alpha value is -2.50. The van der Waals surface area contributed by atoms with Crippen LogP contribution in [0.3, 0.4) is 0 Å². The molecule has 2 heterocycles. The van der Waals surface area contributed by atoms with Crippen molar-refractivity contribution in [2.75, 3.05) is 19.8 Å². The zero-order valence-corrected chi connectivity index (χ0v) is 12.0. The van der Waals surface area contributed by atoms with Crippen molar-refractivity contribution in [2.24, 2.45) is 0 Å². The van der Waals surface area contributed by atoms with Crippen LogP contribution in [0.25, 0.3) is 6.08 Å². The number of amides is 1. The zero-order valence-electron chi connectivity index (χ0n) is 12.0. The minimum atomic E-state index is -0.946. The second-order valence-corrected chi connectivity index (χ2v) is 5.26. The van der Waals surface area contributed by atoms with Gasteiger partial charge in [-0.1, -0.05) is 6.07 Å². The molecule has 6 nitrogen and oxygen atoms in total. The molecule has 22 heavy (non-hydrogen) atoms. The molecule has 116 valence electrons. The van der Waals surface area contributed by atoms with E-state index in [-0.39, 0.29) is 5.91 Å². The molecular formula is C16H17NO5. The Labute approximate surface area is 127 Å². The van der Waals surface area contributed by atoms with Crippen LogP contribution in [0.1, 0.15) is 18.4 Å². The van der Waals surface area contributed by atoms with E-state index in [1.165, 1.54) is 11.0 Å². The van der Waals surface area contributed by atoms with Gasteiger partial charge in [0.2, 0.25) is 5.91 Å². The van der Waals surface area contributed by atoms with Crippen molar-refractivity contribution in [3.63, 3.8) is 0 Å². The summed E-state index contributed by atoms with van der Waals surface area (Å²) in [5.41, 5.74) is 0.809. The maximum absolute atomic E-state index is 12.1. The number of rotatable bonds is 3. The van der Waals surface area contributed by atoms with Crippen molar-refractivity contribution in [2.45, 2.75) is 18.9 Å². The monoisotopic (exact) mass is 303 g/mol. The van der Waals surface area contributed by atoms with Crippen LogP contribution in [-0.2, 0) is 9.59 Å². The summed E-state index contributed by atoms with van der Waals surface area (Å²) in [5.74, 6) is 0.129. The number of ether oxygens (including phenoxy) is 2. The Morgan fingerprint density at radius 1 is 1.23 bits per heavy atom. The van der Waals surface area contributed by atoms with Crippen LogP contribution in [-0.4, -0.2) is 47.7 Å². The summed E-state index contributed by atoms with van der Waals surface area (Å²) in [6.07, 6.45) is 4.31. The summed E-state index contributed by atoms with van der Waals surface area (Å²) in [5, 5.41) is 9.10. The summed E-state index contributed by atoms with van der Waals surface area (Å²) < 4.78 is 10.9.